The average Bonchev–Trinajstić information content (AvgIpc) is 3.11. The van der Waals surface area contributed by atoms with Gasteiger partial charge in [0.25, 0.3) is 0 Å². The van der Waals surface area contributed by atoms with Crippen LogP contribution in [0.2, 0.25) is 0 Å². The standard InChI is InChI=1S/C12H26N4/c1-4-6-9-16(10(3)5-2)12(15-13)14-11-7-8-11/h10-11H,4-9,13H2,1-3H3,(H,14,15). The van der Waals surface area contributed by atoms with Gasteiger partial charge in [-0.25, -0.2) is 10.8 Å². The third-order valence-corrected chi connectivity index (χ3v) is 3.13. The van der Waals surface area contributed by atoms with Crippen molar-refractivity contribution in [1.29, 1.82) is 0 Å². The summed E-state index contributed by atoms with van der Waals surface area (Å²) in [6.07, 6.45) is 5.94. The number of hydrazine groups is 1. The Labute approximate surface area is 99.3 Å². The van der Waals surface area contributed by atoms with Crippen molar-refractivity contribution in [2.75, 3.05) is 6.54 Å². The van der Waals surface area contributed by atoms with Gasteiger partial charge in [-0.1, -0.05) is 20.3 Å². The summed E-state index contributed by atoms with van der Waals surface area (Å²) in [4.78, 5) is 6.94. The van der Waals surface area contributed by atoms with Gasteiger partial charge in [-0.05, 0) is 32.6 Å². The number of nitrogens with one attached hydrogen (secondary N) is 1. The Morgan fingerprint density at radius 2 is 2.19 bits per heavy atom. The topological polar surface area (TPSA) is 53.6 Å². The largest absolute Gasteiger partial charge is 0.339 e. The van der Waals surface area contributed by atoms with E-state index >= 15 is 0 Å². The number of aliphatic imine (C=N–C) groups is 1. The predicted molar refractivity (Wildman–Crippen MR) is 69.1 cm³/mol. The molecule has 1 aliphatic carbocycles. The van der Waals surface area contributed by atoms with Crippen LogP contribution >= 0.6 is 0 Å². The second kappa shape index (κ2) is 6.74. The van der Waals surface area contributed by atoms with Crippen molar-refractivity contribution in [1.82, 2.24) is 10.3 Å². The van der Waals surface area contributed by atoms with Crippen LogP contribution in [-0.4, -0.2) is 29.5 Å². The minimum Gasteiger partial charge on any atom is -0.339 e. The molecule has 3 N–H and O–H groups in total. The van der Waals surface area contributed by atoms with Gasteiger partial charge in [0.05, 0.1) is 6.04 Å². The smallest absolute Gasteiger partial charge is 0.208 e. The maximum atomic E-state index is 5.59. The summed E-state index contributed by atoms with van der Waals surface area (Å²) < 4.78 is 0. The van der Waals surface area contributed by atoms with Crippen molar-refractivity contribution in [3.05, 3.63) is 0 Å². The fourth-order valence-corrected chi connectivity index (χ4v) is 1.65. The van der Waals surface area contributed by atoms with Crippen molar-refractivity contribution in [3.63, 3.8) is 0 Å². The molecule has 1 unspecified atom stereocenters. The molecule has 4 nitrogen and oxygen atoms in total. The van der Waals surface area contributed by atoms with E-state index in [0.717, 1.165) is 18.9 Å². The molecule has 0 amide bonds. The lowest BCUT2D eigenvalue weighted by Gasteiger charge is -2.31. The molecule has 0 heterocycles. The van der Waals surface area contributed by atoms with E-state index in [1.807, 2.05) is 0 Å². The molecular weight excluding hydrogens is 200 g/mol. The van der Waals surface area contributed by atoms with Crippen LogP contribution in [0, 0.1) is 0 Å². The summed E-state index contributed by atoms with van der Waals surface area (Å²) >= 11 is 0. The Hall–Kier alpha value is -0.770. The molecule has 0 bridgehead atoms. The molecule has 4 heteroatoms. The van der Waals surface area contributed by atoms with Crippen LogP contribution in [0.4, 0.5) is 0 Å². The normalized spacial score (nSPS) is 18.4. The first-order valence-corrected chi connectivity index (χ1v) is 6.53. The molecule has 1 rings (SSSR count). The van der Waals surface area contributed by atoms with Gasteiger partial charge in [-0.2, -0.15) is 0 Å². The lowest BCUT2D eigenvalue weighted by Crippen LogP contribution is -2.49. The Kier molecular flexibility index (Phi) is 5.60. The van der Waals surface area contributed by atoms with Gasteiger partial charge in [0, 0.05) is 12.6 Å². The monoisotopic (exact) mass is 226 g/mol. The van der Waals surface area contributed by atoms with E-state index in [1.165, 1.54) is 25.7 Å². The van der Waals surface area contributed by atoms with Crippen LogP contribution in [0.3, 0.4) is 0 Å². The van der Waals surface area contributed by atoms with Gasteiger partial charge in [0.2, 0.25) is 5.96 Å². The van der Waals surface area contributed by atoms with Crippen molar-refractivity contribution >= 4 is 5.96 Å². The molecule has 0 aromatic heterocycles. The van der Waals surface area contributed by atoms with E-state index in [2.05, 4.69) is 36.1 Å². The zero-order valence-electron chi connectivity index (χ0n) is 10.9. The number of nitrogens with two attached hydrogens (primary N) is 1. The van der Waals surface area contributed by atoms with Gasteiger partial charge >= 0.3 is 0 Å². The number of rotatable bonds is 6. The van der Waals surface area contributed by atoms with Crippen LogP contribution in [0.15, 0.2) is 4.99 Å². The first kappa shape index (κ1) is 13.3. The zero-order valence-corrected chi connectivity index (χ0v) is 10.9. The minimum absolute atomic E-state index is 0.500. The Morgan fingerprint density at radius 1 is 1.50 bits per heavy atom. The second-order valence-electron chi connectivity index (χ2n) is 4.63. The quantitative estimate of drug-likeness (QED) is 0.315. The third-order valence-electron chi connectivity index (χ3n) is 3.13. The van der Waals surface area contributed by atoms with E-state index in [1.54, 1.807) is 0 Å². The molecule has 0 spiro atoms. The van der Waals surface area contributed by atoms with Crippen LogP contribution < -0.4 is 11.3 Å². The molecule has 16 heavy (non-hydrogen) atoms. The number of nitrogens with zero attached hydrogens (tertiary/aromatic N) is 2. The first-order valence-electron chi connectivity index (χ1n) is 6.53. The van der Waals surface area contributed by atoms with Crippen molar-refractivity contribution in [3.8, 4) is 0 Å². The molecule has 94 valence electrons. The van der Waals surface area contributed by atoms with E-state index in [4.69, 9.17) is 5.84 Å². The average molecular weight is 226 g/mol. The Morgan fingerprint density at radius 3 is 2.62 bits per heavy atom. The molecule has 0 aromatic rings. The van der Waals surface area contributed by atoms with Gasteiger partial charge in [-0.3, -0.25) is 5.43 Å². The fourth-order valence-electron chi connectivity index (χ4n) is 1.65. The van der Waals surface area contributed by atoms with Crippen LogP contribution in [0.25, 0.3) is 0 Å². The summed E-state index contributed by atoms with van der Waals surface area (Å²) in [7, 11) is 0. The highest BCUT2D eigenvalue weighted by molar-refractivity contribution is 5.80. The van der Waals surface area contributed by atoms with Crippen molar-refractivity contribution in [2.45, 2.75) is 65.0 Å². The summed E-state index contributed by atoms with van der Waals surface area (Å²) in [5, 5.41) is 0. The summed E-state index contributed by atoms with van der Waals surface area (Å²) in [6.45, 7) is 7.69. The number of hydrogen-bond donors (Lipinski definition) is 2. The van der Waals surface area contributed by atoms with Crippen LogP contribution in [0.5, 0.6) is 0 Å². The molecule has 0 radical (unpaired) electrons. The zero-order chi connectivity index (χ0) is 12.0. The lowest BCUT2D eigenvalue weighted by atomic mass is 10.2. The van der Waals surface area contributed by atoms with Crippen molar-refractivity contribution < 1.29 is 0 Å². The summed E-state index contributed by atoms with van der Waals surface area (Å²) in [5.41, 5.74) is 2.77. The molecule has 0 saturated heterocycles. The Bertz CT molecular complexity index is 223. The summed E-state index contributed by atoms with van der Waals surface area (Å²) in [5.74, 6) is 6.47. The number of guanidine groups is 1. The van der Waals surface area contributed by atoms with Crippen LogP contribution in [-0.2, 0) is 0 Å². The van der Waals surface area contributed by atoms with E-state index in [0.29, 0.717) is 12.1 Å². The highest BCUT2D eigenvalue weighted by Crippen LogP contribution is 2.24. The Balaban J connectivity index is 2.62. The third kappa shape index (κ3) is 4.00. The molecular formula is C12H26N4. The minimum atomic E-state index is 0.500. The summed E-state index contributed by atoms with van der Waals surface area (Å²) in [6, 6.07) is 1.01. The number of hydrogen-bond acceptors (Lipinski definition) is 2. The molecule has 1 aliphatic rings. The van der Waals surface area contributed by atoms with E-state index < -0.39 is 0 Å². The van der Waals surface area contributed by atoms with E-state index in [-0.39, 0.29) is 0 Å². The highest BCUT2D eigenvalue weighted by atomic mass is 15.4. The second-order valence-corrected chi connectivity index (χ2v) is 4.63. The van der Waals surface area contributed by atoms with Crippen LogP contribution in [0.1, 0.15) is 52.9 Å². The number of unbranched alkanes of at least 4 members (excludes halogenated alkanes) is 1. The molecule has 0 aromatic carbocycles. The fraction of sp³-hybridized carbons (Fsp3) is 0.917. The maximum Gasteiger partial charge on any atom is 0.208 e. The maximum absolute atomic E-state index is 5.59. The predicted octanol–water partition coefficient (Wildman–Crippen LogP) is 1.87. The molecule has 1 saturated carbocycles. The van der Waals surface area contributed by atoms with Crippen molar-refractivity contribution in [2.24, 2.45) is 10.8 Å². The first-order chi connectivity index (χ1) is 7.72. The lowest BCUT2D eigenvalue weighted by molar-refractivity contribution is 0.305. The van der Waals surface area contributed by atoms with E-state index in [9.17, 15) is 0 Å². The van der Waals surface area contributed by atoms with Gasteiger partial charge in [0.1, 0.15) is 0 Å². The van der Waals surface area contributed by atoms with Gasteiger partial charge in [-0.15, -0.1) is 0 Å². The van der Waals surface area contributed by atoms with Gasteiger partial charge in [0.15, 0.2) is 0 Å². The van der Waals surface area contributed by atoms with Gasteiger partial charge < -0.3 is 4.90 Å². The molecule has 1 atom stereocenters. The molecule has 0 aliphatic heterocycles. The molecule has 1 fully saturated rings. The highest BCUT2D eigenvalue weighted by Gasteiger charge is 2.24. The SMILES string of the molecule is CCCCN(C(=NC1CC1)NN)C(C)CC.